The van der Waals surface area contributed by atoms with E-state index in [-0.39, 0.29) is 26.1 Å². The summed E-state index contributed by atoms with van der Waals surface area (Å²) in [4.78, 5) is 25.7. The van der Waals surface area contributed by atoms with Crippen molar-refractivity contribution in [3.63, 3.8) is 0 Å². The molecule has 2 aliphatic heterocycles. The minimum atomic E-state index is -1.76. The molecule has 0 amide bonds. The van der Waals surface area contributed by atoms with Crippen LogP contribution in [0.5, 0.6) is 0 Å². The Balaban J connectivity index is 1.83. The molecular formula is C49H90O15. The van der Waals surface area contributed by atoms with Crippen molar-refractivity contribution in [3.05, 3.63) is 12.2 Å². The van der Waals surface area contributed by atoms with Crippen molar-refractivity contribution in [1.29, 1.82) is 0 Å². The van der Waals surface area contributed by atoms with Crippen LogP contribution >= 0.6 is 0 Å². The number of unbranched alkanes of at least 4 members (excludes halogenated alkanes) is 23. The average Bonchev–Trinajstić information content (AvgIpc) is 3.29. The lowest BCUT2D eigenvalue weighted by molar-refractivity contribution is -0.332. The minimum absolute atomic E-state index is 0.139. The van der Waals surface area contributed by atoms with Crippen LogP contribution < -0.4 is 0 Å². The van der Waals surface area contributed by atoms with E-state index in [1.54, 1.807) is 0 Å². The number of aliphatic hydroxyl groups excluding tert-OH is 7. The summed E-state index contributed by atoms with van der Waals surface area (Å²) in [5.41, 5.74) is 0. The van der Waals surface area contributed by atoms with E-state index in [9.17, 15) is 45.3 Å². The van der Waals surface area contributed by atoms with Crippen LogP contribution in [0.4, 0.5) is 0 Å². The van der Waals surface area contributed by atoms with Crippen molar-refractivity contribution in [3.8, 4) is 0 Å². The van der Waals surface area contributed by atoms with Crippen molar-refractivity contribution >= 4 is 11.9 Å². The van der Waals surface area contributed by atoms with E-state index in [1.165, 1.54) is 122 Å². The Morgan fingerprint density at radius 1 is 0.484 bits per heavy atom. The average molecular weight is 919 g/mol. The normalized spacial score (nSPS) is 26.6. The van der Waals surface area contributed by atoms with Crippen molar-refractivity contribution < 1.29 is 73.8 Å². The molecule has 0 aromatic heterocycles. The number of hydrogen-bond acceptors (Lipinski definition) is 15. The lowest BCUT2D eigenvalue weighted by Crippen LogP contribution is -2.61. The van der Waals surface area contributed by atoms with Crippen molar-refractivity contribution in [2.45, 2.75) is 261 Å². The van der Waals surface area contributed by atoms with Crippen molar-refractivity contribution in [2.75, 3.05) is 26.4 Å². The number of ether oxygens (including phenoxy) is 6. The van der Waals surface area contributed by atoms with Gasteiger partial charge in [0.15, 0.2) is 18.7 Å². The van der Waals surface area contributed by atoms with Gasteiger partial charge in [-0.15, -0.1) is 0 Å². The maximum atomic E-state index is 13.0. The largest absolute Gasteiger partial charge is 0.462 e. The molecule has 0 aromatic rings. The number of rotatable bonds is 39. The molecule has 15 heteroatoms. The molecule has 15 nitrogen and oxygen atoms in total. The van der Waals surface area contributed by atoms with Gasteiger partial charge in [-0.2, -0.15) is 0 Å². The summed E-state index contributed by atoms with van der Waals surface area (Å²) in [5.74, 6) is -0.973. The zero-order valence-electron chi connectivity index (χ0n) is 39.5. The second kappa shape index (κ2) is 37.2. The van der Waals surface area contributed by atoms with Gasteiger partial charge in [0.2, 0.25) is 0 Å². The van der Waals surface area contributed by atoms with Gasteiger partial charge in [-0.1, -0.05) is 167 Å². The Kier molecular flexibility index (Phi) is 34.0. The van der Waals surface area contributed by atoms with Crippen LogP contribution in [0.25, 0.3) is 0 Å². The maximum Gasteiger partial charge on any atom is 0.306 e. The number of allylic oxidation sites excluding steroid dienone is 2. The first-order chi connectivity index (χ1) is 31.0. The third-order valence-electron chi connectivity index (χ3n) is 12.3. The Morgan fingerprint density at radius 3 is 1.44 bits per heavy atom. The zero-order chi connectivity index (χ0) is 46.8. The van der Waals surface area contributed by atoms with Gasteiger partial charge in [0.25, 0.3) is 0 Å². The molecule has 0 spiro atoms. The molecule has 0 radical (unpaired) electrons. The molecule has 2 saturated heterocycles. The summed E-state index contributed by atoms with van der Waals surface area (Å²) < 4.78 is 33.5. The molecule has 2 fully saturated rings. The number of aliphatic hydroxyl groups is 7. The van der Waals surface area contributed by atoms with Gasteiger partial charge in [-0.25, -0.2) is 0 Å². The van der Waals surface area contributed by atoms with E-state index in [0.717, 1.165) is 32.1 Å². The minimum Gasteiger partial charge on any atom is -0.462 e. The lowest BCUT2D eigenvalue weighted by Gasteiger charge is -2.42. The van der Waals surface area contributed by atoms with Crippen LogP contribution in [-0.4, -0.2) is 142 Å². The van der Waals surface area contributed by atoms with E-state index < -0.39 is 92.7 Å². The SMILES string of the molecule is CCCCCCCCCCCCC/C=C/CCC(=O)OC[C@H](CO[C@@H]1O[C@H](CO[C@@H]2O[C@H](CO)[C@H](O)C(O)C2O)[C@H](O)C(O)C1O)OC(=O)CCCCCCCCCCCCCCC. The third kappa shape index (κ3) is 25.4. The highest BCUT2D eigenvalue weighted by Gasteiger charge is 2.47. The first-order valence-electron chi connectivity index (χ1n) is 25.3. The smallest absolute Gasteiger partial charge is 0.306 e. The fraction of sp³-hybridized carbons (Fsp3) is 0.918. The van der Waals surface area contributed by atoms with Gasteiger partial charge < -0.3 is 64.2 Å². The molecular weight excluding hydrogens is 829 g/mol. The highest BCUT2D eigenvalue weighted by Crippen LogP contribution is 2.26. The van der Waals surface area contributed by atoms with Crippen LogP contribution in [-0.2, 0) is 38.0 Å². The number of esters is 2. The van der Waals surface area contributed by atoms with E-state index in [4.69, 9.17) is 28.4 Å². The Labute approximate surface area is 384 Å². The number of hydrogen-bond donors (Lipinski definition) is 7. The van der Waals surface area contributed by atoms with Gasteiger partial charge in [-0.3, -0.25) is 9.59 Å². The van der Waals surface area contributed by atoms with E-state index in [0.29, 0.717) is 12.8 Å². The highest BCUT2D eigenvalue weighted by atomic mass is 16.7. The molecule has 376 valence electrons. The van der Waals surface area contributed by atoms with Gasteiger partial charge in [0, 0.05) is 12.8 Å². The molecule has 7 N–H and O–H groups in total. The molecule has 0 aliphatic carbocycles. The Hall–Kier alpha value is -1.76. The standard InChI is InChI=1S/C49H90O15/c1-3-5-7-9-11-13-15-17-18-20-21-23-25-27-29-31-40(51)59-34-37(62-41(52)32-30-28-26-24-22-19-16-14-12-10-8-6-4-2)35-60-48-47(58)45(56)43(54)39(64-48)36-61-49-46(57)44(55)42(53)38(33-50)63-49/h25,27,37-39,42-50,53-58H,3-24,26,28-36H2,1-2H3/b27-25+/t37-,38-,39-,42+,43+,44?,45?,46?,47?,48-,49-/m1/s1. The van der Waals surface area contributed by atoms with E-state index >= 15 is 0 Å². The predicted octanol–water partition coefficient (Wildman–Crippen LogP) is 6.60. The maximum absolute atomic E-state index is 13.0. The second-order valence-corrected chi connectivity index (χ2v) is 18.0. The molecule has 2 heterocycles. The monoisotopic (exact) mass is 919 g/mol. The Morgan fingerprint density at radius 2 is 0.922 bits per heavy atom. The fourth-order valence-electron chi connectivity index (χ4n) is 8.06. The van der Waals surface area contributed by atoms with Gasteiger partial charge in [0.1, 0.15) is 55.4 Å². The van der Waals surface area contributed by atoms with Gasteiger partial charge in [-0.05, 0) is 25.7 Å². The molecule has 11 atom stereocenters. The summed E-state index contributed by atoms with van der Waals surface area (Å²) in [5, 5.41) is 72.0. The molecule has 64 heavy (non-hydrogen) atoms. The summed E-state index contributed by atoms with van der Waals surface area (Å²) in [6.07, 6.45) is 18.3. The van der Waals surface area contributed by atoms with Gasteiger partial charge >= 0.3 is 11.9 Å². The molecule has 0 saturated carbocycles. The second-order valence-electron chi connectivity index (χ2n) is 18.0. The summed E-state index contributed by atoms with van der Waals surface area (Å²) in [6.45, 7) is 2.56. The first kappa shape index (κ1) is 58.4. The predicted molar refractivity (Wildman–Crippen MR) is 243 cm³/mol. The molecule has 2 rings (SSSR count). The lowest BCUT2D eigenvalue weighted by atomic mass is 9.98. The van der Waals surface area contributed by atoms with E-state index in [1.807, 2.05) is 6.08 Å². The summed E-state index contributed by atoms with van der Waals surface area (Å²) in [6, 6.07) is 0. The highest BCUT2D eigenvalue weighted by molar-refractivity contribution is 5.70. The topological polar surface area (TPSA) is 231 Å². The van der Waals surface area contributed by atoms with Crippen LogP contribution in [0.2, 0.25) is 0 Å². The number of carbonyl (C=O) groups excluding carboxylic acids is 2. The molecule has 0 aromatic carbocycles. The first-order valence-corrected chi connectivity index (χ1v) is 25.3. The summed E-state index contributed by atoms with van der Waals surface area (Å²) in [7, 11) is 0. The van der Waals surface area contributed by atoms with Crippen LogP contribution in [0.15, 0.2) is 12.2 Å². The van der Waals surface area contributed by atoms with Crippen LogP contribution in [0.1, 0.15) is 194 Å². The summed E-state index contributed by atoms with van der Waals surface area (Å²) >= 11 is 0. The Bertz CT molecular complexity index is 1170. The van der Waals surface area contributed by atoms with Crippen molar-refractivity contribution in [2.24, 2.45) is 0 Å². The van der Waals surface area contributed by atoms with Crippen LogP contribution in [0, 0.1) is 0 Å². The van der Waals surface area contributed by atoms with Crippen LogP contribution in [0.3, 0.4) is 0 Å². The van der Waals surface area contributed by atoms with Crippen molar-refractivity contribution in [1.82, 2.24) is 0 Å². The zero-order valence-corrected chi connectivity index (χ0v) is 39.5. The van der Waals surface area contributed by atoms with Gasteiger partial charge in [0.05, 0.1) is 19.8 Å². The fourth-order valence-corrected chi connectivity index (χ4v) is 8.06. The number of carbonyl (C=O) groups is 2. The molecule has 2 aliphatic rings. The quantitative estimate of drug-likeness (QED) is 0.0196. The molecule has 0 bridgehead atoms. The third-order valence-corrected chi connectivity index (χ3v) is 12.3. The molecule has 4 unspecified atom stereocenters. The van der Waals surface area contributed by atoms with E-state index in [2.05, 4.69) is 19.9 Å².